The van der Waals surface area contributed by atoms with Crippen LogP contribution in [0.2, 0.25) is 0 Å². The van der Waals surface area contributed by atoms with Crippen molar-refractivity contribution >= 4 is 11.7 Å². The molecule has 2 N–H and O–H groups in total. The van der Waals surface area contributed by atoms with Crippen molar-refractivity contribution in [1.82, 2.24) is 15.3 Å². The van der Waals surface area contributed by atoms with E-state index in [1.807, 2.05) is 19.9 Å². The first-order valence-electron chi connectivity index (χ1n) is 6.07. The van der Waals surface area contributed by atoms with E-state index in [4.69, 9.17) is 0 Å². The molecule has 0 aromatic carbocycles. The fraction of sp³-hybridized carbons (Fsp3) is 0.583. The molecule has 1 unspecified atom stereocenters. The Balaban J connectivity index is 1.91. The summed E-state index contributed by atoms with van der Waals surface area (Å²) in [4.78, 5) is 20.0. The Morgan fingerprint density at radius 2 is 2.29 bits per heavy atom. The van der Waals surface area contributed by atoms with Gasteiger partial charge in [0.25, 0.3) is 0 Å². The molecule has 1 amide bonds. The smallest absolute Gasteiger partial charge is 0.242 e. The Kier molecular flexibility index (Phi) is 3.56. The van der Waals surface area contributed by atoms with Gasteiger partial charge < -0.3 is 10.6 Å². The van der Waals surface area contributed by atoms with Gasteiger partial charge in [0.2, 0.25) is 5.91 Å². The molecule has 0 spiro atoms. The van der Waals surface area contributed by atoms with E-state index in [0.717, 1.165) is 25.0 Å². The molecule has 1 aliphatic carbocycles. The Bertz CT molecular complexity index is 403. The van der Waals surface area contributed by atoms with Crippen molar-refractivity contribution in [3.8, 4) is 0 Å². The molecule has 0 aliphatic heterocycles. The number of carbonyl (C=O) groups is 1. The molecule has 2 rings (SSSR count). The van der Waals surface area contributed by atoms with Crippen molar-refractivity contribution in [3.63, 3.8) is 0 Å². The van der Waals surface area contributed by atoms with Gasteiger partial charge in [-0.25, -0.2) is 9.97 Å². The third-order valence-electron chi connectivity index (χ3n) is 2.77. The maximum Gasteiger partial charge on any atom is 0.242 e. The number of amides is 1. The van der Waals surface area contributed by atoms with Crippen molar-refractivity contribution < 1.29 is 4.79 Å². The predicted molar refractivity (Wildman–Crippen MR) is 65.7 cm³/mol. The first-order valence-corrected chi connectivity index (χ1v) is 6.07. The number of aryl methyl sites for hydroxylation is 1. The SMILES string of the molecule is CCc1cc(NC(C)C(=O)NC2CC2)ncn1. The Labute approximate surface area is 101 Å². The van der Waals surface area contributed by atoms with Crippen LogP contribution in [0, 0.1) is 0 Å². The molecule has 1 fully saturated rings. The second-order valence-corrected chi connectivity index (χ2v) is 4.40. The number of nitrogens with one attached hydrogen (secondary N) is 2. The Hall–Kier alpha value is -1.65. The molecule has 1 atom stereocenters. The van der Waals surface area contributed by atoms with Gasteiger partial charge in [0.15, 0.2) is 0 Å². The molecule has 1 aromatic rings. The number of nitrogens with zero attached hydrogens (tertiary/aromatic N) is 2. The average molecular weight is 234 g/mol. The molecule has 92 valence electrons. The summed E-state index contributed by atoms with van der Waals surface area (Å²) in [6.07, 6.45) is 4.59. The van der Waals surface area contributed by atoms with Crippen LogP contribution < -0.4 is 10.6 Å². The highest BCUT2D eigenvalue weighted by Gasteiger charge is 2.25. The van der Waals surface area contributed by atoms with Gasteiger partial charge in [0.05, 0.1) is 0 Å². The number of rotatable bonds is 5. The van der Waals surface area contributed by atoms with Gasteiger partial charge in [-0.05, 0) is 26.2 Å². The normalized spacial score (nSPS) is 16.4. The highest BCUT2D eigenvalue weighted by molar-refractivity contribution is 5.84. The zero-order valence-electron chi connectivity index (χ0n) is 10.2. The van der Waals surface area contributed by atoms with Gasteiger partial charge in [0.1, 0.15) is 18.2 Å². The first kappa shape index (κ1) is 11.8. The lowest BCUT2D eigenvalue weighted by Crippen LogP contribution is -2.38. The maximum atomic E-state index is 11.7. The minimum absolute atomic E-state index is 0.0316. The Morgan fingerprint density at radius 3 is 2.94 bits per heavy atom. The van der Waals surface area contributed by atoms with Crippen molar-refractivity contribution in [2.45, 2.75) is 45.2 Å². The lowest BCUT2D eigenvalue weighted by Gasteiger charge is -2.14. The number of carbonyl (C=O) groups excluding carboxylic acids is 1. The summed E-state index contributed by atoms with van der Waals surface area (Å²) in [6.45, 7) is 3.88. The molecule has 17 heavy (non-hydrogen) atoms. The second kappa shape index (κ2) is 5.12. The molecule has 1 aromatic heterocycles. The lowest BCUT2D eigenvalue weighted by molar-refractivity contribution is -0.121. The van der Waals surface area contributed by atoms with Crippen LogP contribution in [-0.4, -0.2) is 28.0 Å². The van der Waals surface area contributed by atoms with Crippen molar-refractivity contribution in [1.29, 1.82) is 0 Å². The average Bonchev–Trinajstić information content (AvgIpc) is 3.13. The van der Waals surface area contributed by atoms with E-state index < -0.39 is 0 Å². The minimum atomic E-state index is -0.268. The molecule has 1 saturated carbocycles. The summed E-state index contributed by atoms with van der Waals surface area (Å²) >= 11 is 0. The minimum Gasteiger partial charge on any atom is -0.359 e. The zero-order valence-corrected chi connectivity index (χ0v) is 10.2. The molecule has 0 bridgehead atoms. The molecule has 0 radical (unpaired) electrons. The van der Waals surface area contributed by atoms with E-state index in [2.05, 4.69) is 20.6 Å². The van der Waals surface area contributed by atoms with E-state index in [9.17, 15) is 4.79 Å². The van der Waals surface area contributed by atoms with Gasteiger partial charge in [0, 0.05) is 17.8 Å². The number of hydrogen-bond donors (Lipinski definition) is 2. The molecule has 1 aliphatic rings. The molecular formula is C12H18N4O. The third kappa shape index (κ3) is 3.41. The first-order chi connectivity index (χ1) is 8.19. The zero-order chi connectivity index (χ0) is 12.3. The van der Waals surface area contributed by atoms with E-state index in [-0.39, 0.29) is 11.9 Å². The van der Waals surface area contributed by atoms with Gasteiger partial charge in [-0.15, -0.1) is 0 Å². The van der Waals surface area contributed by atoms with Crippen molar-refractivity contribution in [3.05, 3.63) is 18.1 Å². The summed E-state index contributed by atoms with van der Waals surface area (Å²) in [5.41, 5.74) is 0.970. The van der Waals surface area contributed by atoms with Crippen LogP contribution in [0.4, 0.5) is 5.82 Å². The largest absolute Gasteiger partial charge is 0.359 e. The van der Waals surface area contributed by atoms with E-state index in [0.29, 0.717) is 11.9 Å². The summed E-state index contributed by atoms with van der Waals surface area (Å²) in [6, 6.07) is 2.00. The number of aromatic nitrogens is 2. The van der Waals surface area contributed by atoms with Crippen LogP contribution in [0.5, 0.6) is 0 Å². The summed E-state index contributed by atoms with van der Waals surface area (Å²) in [7, 11) is 0. The molecule has 0 saturated heterocycles. The Morgan fingerprint density at radius 1 is 1.53 bits per heavy atom. The van der Waals surface area contributed by atoms with Crippen LogP contribution in [0.15, 0.2) is 12.4 Å². The monoisotopic (exact) mass is 234 g/mol. The predicted octanol–water partition coefficient (Wildman–Crippen LogP) is 1.12. The molecule has 5 nitrogen and oxygen atoms in total. The van der Waals surface area contributed by atoms with Gasteiger partial charge in [-0.2, -0.15) is 0 Å². The third-order valence-corrected chi connectivity index (χ3v) is 2.77. The van der Waals surface area contributed by atoms with Crippen LogP contribution in [0.1, 0.15) is 32.4 Å². The highest BCUT2D eigenvalue weighted by Crippen LogP contribution is 2.18. The molecule has 5 heteroatoms. The van der Waals surface area contributed by atoms with Crippen molar-refractivity contribution in [2.75, 3.05) is 5.32 Å². The van der Waals surface area contributed by atoms with Gasteiger partial charge in [-0.3, -0.25) is 4.79 Å². The second-order valence-electron chi connectivity index (χ2n) is 4.40. The van der Waals surface area contributed by atoms with Crippen LogP contribution in [0.3, 0.4) is 0 Å². The molecular weight excluding hydrogens is 216 g/mol. The van der Waals surface area contributed by atoms with Crippen LogP contribution in [0.25, 0.3) is 0 Å². The summed E-state index contributed by atoms with van der Waals surface area (Å²) in [5.74, 6) is 0.736. The molecule has 1 heterocycles. The maximum absolute atomic E-state index is 11.7. The number of hydrogen-bond acceptors (Lipinski definition) is 4. The van der Waals surface area contributed by atoms with Crippen molar-refractivity contribution in [2.24, 2.45) is 0 Å². The standard InChI is InChI=1S/C12H18N4O/c1-3-9-6-11(14-7-13-9)15-8(2)12(17)16-10-4-5-10/h6-8,10H,3-5H2,1-2H3,(H,16,17)(H,13,14,15). The van der Waals surface area contributed by atoms with Gasteiger partial charge in [-0.1, -0.05) is 6.92 Å². The number of anilines is 1. The van der Waals surface area contributed by atoms with E-state index in [1.165, 1.54) is 6.33 Å². The fourth-order valence-corrected chi connectivity index (χ4v) is 1.51. The van der Waals surface area contributed by atoms with Crippen LogP contribution in [-0.2, 0) is 11.2 Å². The quantitative estimate of drug-likeness (QED) is 0.801. The highest BCUT2D eigenvalue weighted by atomic mass is 16.2. The van der Waals surface area contributed by atoms with Crippen LogP contribution >= 0.6 is 0 Å². The summed E-state index contributed by atoms with van der Waals surface area (Å²) in [5, 5.41) is 6.04. The fourth-order valence-electron chi connectivity index (χ4n) is 1.51. The lowest BCUT2D eigenvalue weighted by atomic mass is 10.3. The van der Waals surface area contributed by atoms with E-state index in [1.54, 1.807) is 0 Å². The van der Waals surface area contributed by atoms with E-state index >= 15 is 0 Å². The topological polar surface area (TPSA) is 66.9 Å². The van der Waals surface area contributed by atoms with Gasteiger partial charge >= 0.3 is 0 Å². The summed E-state index contributed by atoms with van der Waals surface area (Å²) < 4.78 is 0.